The van der Waals surface area contributed by atoms with E-state index in [1.54, 1.807) is 17.2 Å². The molecule has 0 saturated heterocycles. The maximum atomic E-state index is 11.6. The third kappa shape index (κ3) is 3.34. The van der Waals surface area contributed by atoms with E-state index in [2.05, 4.69) is 20.8 Å². The zero-order chi connectivity index (χ0) is 17.3. The minimum Gasteiger partial charge on any atom is -0.478 e. The molecule has 0 aromatic heterocycles. The molecule has 3 rings (SSSR count). The van der Waals surface area contributed by atoms with Gasteiger partial charge in [0.1, 0.15) is 11.5 Å². The fourth-order valence-electron chi connectivity index (χ4n) is 2.79. The summed E-state index contributed by atoms with van der Waals surface area (Å²) < 4.78 is 5.87. The molecule has 0 bridgehead atoms. The van der Waals surface area contributed by atoms with Crippen molar-refractivity contribution in [2.24, 2.45) is 5.41 Å². The highest BCUT2D eigenvalue weighted by Gasteiger charge is 2.33. The molecular formula is C20H20O3S. The SMILES string of the molecule is CC(C)(C)C1SC=C(C(=O)O)c2cc(Oc3ccccc3)ccc21. The quantitative estimate of drug-likeness (QED) is 0.774. The van der Waals surface area contributed by atoms with Crippen LogP contribution in [0.25, 0.3) is 5.57 Å². The number of ether oxygens (including phenoxy) is 1. The molecule has 0 spiro atoms. The molecule has 1 heterocycles. The van der Waals surface area contributed by atoms with E-state index in [4.69, 9.17) is 4.74 Å². The highest BCUT2D eigenvalue weighted by atomic mass is 32.2. The maximum Gasteiger partial charge on any atom is 0.336 e. The Bertz CT molecular complexity index is 788. The lowest BCUT2D eigenvalue weighted by Gasteiger charge is -2.34. The monoisotopic (exact) mass is 340 g/mol. The summed E-state index contributed by atoms with van der Waals surface area (Å²) in [6.07, 6.45) is 0. The molecule has 1 unspecified atom stereocenters. The lowest BCUT2D eigenvalue weighted by molar-refractivity contribution is -0.130. The van der Waals surface area contributed by atoms with Crippen molar-refractivity contribution in [3.05, 3.63) is 65.1 Å². The smallest absolute Gasteiger partial charge is 0.336 e. The topological polar surface area (TPSA) is 46.5 Å². The Morgan fingerprint density at radius 1 is 1.08 bits per heavy atom. The van der Waals surface area contributed by atoms with Gasteiger partial charge >= 0.3 is 5.97 Å². The van der Waals surface area contributed by atoms with Gasteiger partial charge in [-0.2, -0.15) is 0 Å². The number of carboxylic acid groups (broad SMARTS) is 1. The first-order valence-corrected chi connectivity index (χ1v) is 8.76. The number of para-hydroxylation sites is 1. The second-order valence-electron chi connectivity index (χ2n) is 6.88. The average Bonchev–Trinajstić information content (AvgIpc) is 2.53. The van der Waals surface area contributed by atoms with Crippen LogP contribution in [0.5, 0.6) is 11.5 Å². The molecule has 2 aromatic carbocycles. The van der Waals surface area contributed by atoms with E-state index < -0.39 is 5.97 Å². The van der Waals surface area contributed by atoms with Crippen LogP contribution < -0.4 is 4.74 Å². The molecule has 4 heteroatoms. The number of rotatable bonds is 3. The van der Waals surface area contributed by atoms with Crippen LogP contribution in [0.1, 0.15) is 37.1 Å². The van der Waals surface area contributed by atoms with Crippen molar-refractivity contribution >= 4 is 23.3 Å². The summed E-state index contributed by atoms with van der Waals surface area (Å²) in [5.41, 5.74) is 2.15. The standard InChI is InChI=1S/C20H20O3S/c1-20(2,3)18-15-10-9-14(23-13-7-5-4-6-8-13)11-16(15)17(12-24-18)19(21)22/h4-12,18H,1-3H3,(H,21,22). The first-order valence-electron chi connectivity index (χ1n) is 7.82. The van der Waals surface area contributed by atoms with Gasteiger partial charge in [0.05, 0.1) is 5.57 Å². The van der Waals surface area contributed by atoms with Crippen LogP contribution in [0.3, 0.4) is 0 Å². The Hall–Kier alpha value is -2.20. The van der Waals surface area contributed by atoms with E-state index in [1.165, 1.54) is 0 Å². The van der Waals surface area contributed by atoms with Crippen LogP contribution in [0.15, 0.2) is 53.9 Å². The molecule has 0 radical (unpaired) electrons. The van der Waals surface area contributed by atoms with Crippen LogP contribution in [0.4, 0.5) is 0 Å². The van der Waals surface area contributed by atoms with Gasteiger partial charge in [-0.05, 0) is 46.2 Å². The number of hydrogen-bond acceptors (Lipinski definition) is 3. The van der Waals surface area contributed by atoms with Crippen molar-refractivity contribution in [1.82, 2.24) is 0 Å². The molecule has 24 heavy (non-hydrogen) atoms. The van der Waals surface area contributed by atoms with Crippen molar-refractivity contribution < 1.29 is 14.6 Å². The van der Waals surface area contributed by atoms with Gasteiger partial charge in [-0.1, -0.05) is 45.0 Å². The van der Waals surface area contributed by atoms with Gasteiger partial charge in [-0.3, -0.25) is 0 Å². The Morgan fingerprint density at radius 2 is 1.79 bits per heavy atom. The molecule has 124 valence electrons. The Kier molecular flexibility index (Phi) is 4.41. The zero-order valence-electron chi connectivity index (χ0n) is 13.9. The molecule has 3 nitrogen and oxygen atoms in total. The van der Waals surface area contributed by atoms with E-state index in [1.807, 2.05) is 48.5 Å². The molecule has 0 aliphatic carbocycles. The summed E-state index contributed by atoms with van der Waals surface area (Å²) in [4.78, 5) is 11.6. The number of carboxylic acids is 1. The van der Waals surface area contributed by atoms with Gasteiger partial charge in [0.25, 0.3) is 0 Å². The summed E-state index contributed by atoms with van der Waals surface area (Å²) in [7, 11) is 0. The number of hydrogen-bond donors (Lipinski definition) is 1. The van der Waals surface area contributed by atoms with Crippen molar-refractivity contribution in [3.63, 3.8) is 0 Å². The molecule has 0 fully saturated rings. The normalized spacial score (nSPS) is 17.0. The Morgan fingerprint density at radius 3 is 2.42 bits per heavy atom. The third-order valence-corrected chi connectivity index (χ3v) is 5.52. The molecule has 1 N–H and O–H groups in total. The molecule has 0 saturated carbocycles. The lowest BCUT2D eigenvalue weighted by atomic mass is 9.84. The first-order chi connectivity index (χ1) is 11.4. The predicted molar refractivity (Wildman–Crippen MR) is 98.4 cm³/mol. The molecule has 1 aliphatic heterocycles. The van der Waals surface area contributed by atoms with Crippen molar-refractivity contribution in [2.75, 3.05) is 0 Å². The highest BCUT2D eigenvalue weighted by Crippen LogP contribution is 2.51. The first kappa shape index (κ1) is 16.7. The van der Waals surface area contributed by atoms with Gasteiger partial charge in [0.15, 0.2) is 0 Å². The van der Waals surface area contributed by atoms with Crippen LogP contribution in [-0.2, 0) is 4.79 Å². The molecule has 0 amide bonds. The van der Waals surface area contributed by atoms with Crippen LogP contribution in [0, 0.1) is 5.41 Å². The minimum atomic E-state index is -0.909. The maximum absolute atomic E-state index is 11.6. The van der Waals surface area contributed by atoms with E-state index in [0.717, 1.165) is 16.9 Å². The largest absolute Gasteiger partial charge is 0.478 e. The van der Waals surface area contributed by atoms with Gasteiger partial charge < -0.3 is 9.84 Å². The zero-order valence-corrected chi connectivity index (χ0v) is 14.8. The second-order valence-corrected chi connectivity index (χ2v) is 7.86. The Balaban J connectivity index is 2.03. The predicted octanol–water partition coefficient (Wildman–Crippen LogP) is 5.74. The third-order valence-electron chi connectivity index (χ3n) is 3.92. The number of carbonyl (C=O) groups is 1. The van der Waals surface area contributed by atoms with Crippen LogP contribution >= 0.6 is 11.8 Å². The summed E-state index contributed by atoms with van der Waals surface area (Å²) in [5, 5.41) is 11.5. The minimum absolute atomic E-state index is 0.0295. The summed E-state index contributed by atoms with van der Waals surface area (Å²) in [6, 6.07) is 15.2. The summed E-state index contributed by atoms with van der Waals surface area (Å²) in [6.45, 7) is 6.51. The fourth-order valence-corrected chi connectivity index (χ4v) is 4.05. The second kappa shape index (κ2) is 6.36. The fraction of sp³-hybridized carbons (Fsp3) is 0.250. The molecule has 1 atom stereocenters. The van der Waals surface area contributed by atoms with E-state index in [0.29, 0.717) is 11.3 Å². The average molecular weight is 340 g/mol. The van der Waals surface area contributed by atoms with E-state index in [9.17, 15) is 9.90 Å². The van der Waals surface area contributed by atoms with E-state index >= 15 is 0 Å². The van der Waals surface area contributed by atoms with Crippen molar-refractivity contribution in [3.8, 4) is 11.5 Å². The van der Waals surface area contributed by atoms with Gasteiger partial charge in [-0.15, -0.1) is 11.8 Å². The lowest BCUT2D eigenvalue weighted by Crippen LogP contribution is -2.19. The van der Waals surface area contributed by atoms with Crippen molar-refractivity contribution in [1.29, 1.82) is 0 Å². The number of thioether (sulfide) groups is 1. The van der Waals surface area contributed by atoms with Gasteiger partial charge in [-0.25, -0.2) is 4.79 Å². The molecule has 1 aliphatic rings. The highest BCUT2D eigenvalue weighted by molar-refractivity contribution is 8.02. The van der Waals surface area contributed by atoms with E-state index in [-0.39, 0.29) is 10.7 Å². The summed E-state index contributed by atoms with van der Waals surface area (Å²) in [5.74, 6) is 0.468. The number of aliphatic carboxylic acids is 1. The van der Waals surface area contributed by atoms with Crippen molar-refractivity contribution in [2.45, 2.75) is 26.0 Å². The summed E-state index contributed by atoms with van der Waals surface area (Å²) >= 11 is 1.58. The van der Waals surface area contributed by atoms with Gasteiger partial charge in [0.2, 0.25) is 0 Å². The molecular weight excluding hydrogens is 320 g/mol. The Labute approximate surface area is 146 Å². The van der Waals surface area contributed by atoms with Crippen LogP contribution in [-0.4, -0.2) is 11.1 Å². The molecule has 2 aromatic rings. The van der Waals surface area contributed by atoms with Crippen LogP contribution in [0.2, 0.25) is 0 Å². The number of fused-ring (bicyclic) bond motifs is 1. The van der Waals surface area contributed by atoms with Gasteiger partial charge in [0, 0.05) is 5.25 Å². The number of benzene rings is 2.